The molecule has 1 atom stereocenters. The van der Waals surface area contributed by atoms with Crippen LogP contribution in [0.25, 0.3) is 0 Å². The Morgan fingerprint density at radius 3 is 2.16 bits per heavy atom. The van der Waals surface area contributed by atoms with Gasteiger partial charge < -0.3 is 14.0 Å². The van der Waals surface area contributed by atoms with Crippen molar-refractivity contribution in [3.05, 3.63) is 75.2 Å². The Hall–Kier alpha value is -2.56. The fourth-order valence-corrected chi connectivity index (χ4v) is 6.58. The Bertz CT molecular complexity index is 1430. The van der Waals surface area contributed by atoms with E-state index in [-0.39, 0.29) is 12.5 Å². The molecule has 0 aliphatic rings. The zero-order chi connectivity index (χ0) is 32.8. The van der Waals surface area contributed by atoms with Crippen LogP contribution < -0.4 is 10.6 Å². The molecule has 0 saturated carbocycles. The number of nitrogens with one attached hydrogen (secondary N) is 2. The number of aromatic nitrogens is 2. The average molecular weight is 664 g/mol. The summed E-state index contributed by atoms with van der Waals surface area (Å²) in [5, 5.41) is 7.94. The van der Waals surface area contributed by atoms with Gasteiger partial charge >= 0.3 is 6.09 Å². The number of alkyl carbamates (subject to hydrolysis) is 1. The Labute approximate surface area is 275 Å². The molecular formula is C33H44Cl2N4O4S. The summed E-state index contributed by atoms with van der Waals surface area (Å²) in [6, 6.07) is 8.71. The third-order valence-electron chi connectivity index (χ3n) is 6.51. The number of imide groups is 1. The Kier molecular flexibility index (Phi) is 12.4. The molecule has 44 heavy (non-hydrogen) atoms. The van der Waals surface area contributed by atoms with Crippen LogP contribution in [0.3, 0.4) is 0 Å². The lowest BCUT2D eigenvalue weighted by Gasteiger charge is -2.25. The SMILES string of the molecule is Cc1c(CN[C@@H](COC(C)(C)C)C(=O)NC(=O)OC(C)(C)C)c(C(C)C)c(Sc2cc(Cl)cc(Cl)c2)n1Cc1ccncc1. The number of amides is 2. The first-order valence-electron chi connectivity index (χ1n) is 14.6. The van der Waals surface area contributed by atoms with Gasteiger partial charge in [-0.3, -0.25) is 20.4 Å². The molecule has 0 unspecified atom stereocenters. The largest absolute Gasteiger partial charge is 0.444 e. The highest BCUT2D eigenvalue weighted by Gasteiger charge is 2.28. The van der Waals surface area contributed by atoms with Gasteiger partial charge in [-0.1, -0.05) is 48.8 Å². The molecule has 0 saturated heterocycles. The molecular weight excluding hydrogens is 619 g/mol. The van der Waals surface area contributed by atoms with E-state index in [4.69, 9.17) is 32.7 Å². The molecule has 0 aliphatic carbocycles. The van der Waals surface area contributed by atoms with Gasteiger partial charge in [0, 0.05) is 46.1 Å². The highest BCUT2D eigenvalue weighted by molar-refractivity contribution is 7.99. The fourth-order valence-electron chi connectivity index (χ4n) is 4.55. The maximum absolute atomic E-state index is 13.3. The molecule has 8 nitrogen and oxygen atoms in total. The second-order valence-electron chi connectivity index (χ2n) is 12.9. The first kappa shape index (κ1) is 35.9. The van der Waals surface area contributed by atoms with E-state index in [1.165, 1.54) is 0 Å². The molecule has 0 aliphatic heterocycles. The summed E-state index contributed by atoms with van der Waals surface area (Å²) in [7, 11) is 0. The molecule has 3 aromatic rings. The lowest BCUT2D eigenvalue weighted by atomic mass is 10.0. The lowest BCUT2D eigenvalue weighted by Crippen LogP contribution is -2.50. The van der Waals surface area contributed by atoms with Crippen LogP contribution in [0.4, 0.5) is 4.79 Å². The fraction of sp³-hybridized carbons (Fsp3) is 0.485. The maximum atomic E-state index is 13.3. The molecule has 2 N–H and O–H groups in total. The van der Waals surface area contributed by atoms with Crippen molar-refractivity contribution >= 4 is 47.0 Å². The number of rotatable bonds is 11. The second kappa shape index (κ2) is 15.1. The second-order valence-corrected chi connectivity index (χ2v) is 14.9. The number of hydrogen-bond acceptors (Lipinski definition) is 7. The van der Waals surface area contributed by atoms with Gasteiger partial charge in [0.15, 0.2) is 0 Å². The van der Waals surface area contributed by atoms with E-state index in [9.17, 15) is 9.59 Å². The molecule has 0 spiro atoms. The van der Waals surface area contributed by atoms with Gasteiger partial charge in [-0.05, 0) is 101 Å². The van der Waals surface area contributed by atoms with Crippen LogP contribution in [0.15, 0.2) is 52.6 Å². The summed E-state index contributed by atoms with van der Waals surface area (Å²) < 4.78 is 13.6. The zero-order valence-corrected chi connectivity index (χ0v) is 29.3. The molecule has 0 radical (unpaired) electrons. The quantitative estimate of drug-likeness (QED) is 0.214. The van der Waals surface area contributed by atoms with Crippen molar-refractivity contribution in [3.63, 3.8) is 0 Å². The number of benzene rings is 1. The first-order valence-corrected chi connectivity index (χ1v) is 16.2. The number of ether oxygens (including phenoxy) is 2. The monoisotopic (exact) mass is 662 g/mol. The summed E-state index contributed by atoms with van der Waals surface area (Å²) >= 11 is 14.3. The van der Waals surface area contributed by atoms with Crippen LogP contribution in [-0.2, 0) is 27.4 Å². The normalized spacial score (nSPS) is 12.8. The van der Waals surface area contributed by atoms with Crippen LogP contribution in [-0.4, -0.2) is 45.4 Å². The van der Waals surface area contributed by atoms with Crippen molar-refractivity contribution in [3.8, 4) is 0 Å². The third-order valence-corrected chi connectivity index (χ3v) is 8.05. The van der Waals surface area contributed by atoms with Gasteiger partial charge in [0.2, 0.25) is 5.91 Å². The predicted molar refractivity (Wildman–Crippen MR) is 178 cm³/mol. The molecule has 2 amide bonds. The van der Waals surface area contributed by atoms with Gasteiger partial charge in [-0.2, -0.15) is 0 Å². The minimum Gasteiger partial charge on any atom is -0.444 e. The number of pyridine rings is 1. The van der Waals surface area contributed by atoms with Crippen molar-refractivity contribution in [2.45, 2.75) is 108 Å². The van der Waals surface area contributed by atoms with Gasteiger partial charge in [0.1, 0.15) is 11.6 Å². The molecule has 2 aromatic heterocycles. The van der Waals surface area contributed by atoms with Crippen LogP contribution in [0.5, 0.6) is 0 Å². The topological polar surface area (TPSA) is 94.5 Å². The van der Waals surface area contributed by atoms with Crippen LogP contribution in [0, 0.1) is 6.92 Å². The third kappa shape index (κ3) is 10.8. The van der Waals surface area contributed by atoms with Crippen LogP contribution >= 0.6 is 35.0 Å². The van der Waals surface area contributed by atoms with Gasteiger partial charge in [0.05, 0.1) is 17.2 Å². The Morgan fingerprint density at radius 2 is 1.61 bits per heavy atom. The smallest absolute Gasteiger partial charge is 0.414 e. The first-order chi connectivity index (χ1) is 20.4. The molecule has 0 fully saturated rings. The molecule has 3 rings (SSSR count). The van der Waals surface area contributed by atoms with Crippen LogP contribution in [0.2, 0.25) is 10.0 Å². The van der Waals surface area contributed by atoms with E-state index in [2.05, 4.69) is 41.0 Å². The molecule has 1 aromatic carbocycles. The van der Waals surface area contributed by atoms with Gasteiger partial charge in [-0.25, -0.2) is 4.79 Å². The van der Waals surface area contributed by atoms with E-state index in [0.717, 1.165) is 32.3 Å². The minimum absolute atomic E-state index is 0.0640. The molecule has 240 valence electrons. The summed E-state index contributed by atoms with van der Waals surface area (Å²) in [5.74, 6) is -0.368. The number of carbonyl (C=O) groups is 2. The van der Waals surface area contributed by atoms with Gasteiger partial charge in [-0.15, -0.1) is 0 Å². The van der Waals surface area contributed by atoms with Crippen molar-refractivity contribution < 1.29 is 19.1 Å². The zero-order valence-electron chi connectivity index (χ0n) is 27.0. The summed E-state index contributed by atoms with van der Waals surface area (Å²) in [4.78, 5) is 30.8. The number of nitrogens with zero attached hydrogens (tertiary/aromatic N) is 2. The Balaban J connectivity index is 2.02. The van der Waals surface area contributed by atoms with E-state index < -0.39 is 29.2 Å². The number of hydrogen-bond donors (Lipinski definition) is 2. The van der Waals surface area contributed by atoms with Gasteiger partial charge in [0.25, 0.3) is 0 Å². The highest BCUT2D eigenvalue weighted by Crippen LogP contribution is 2.41. The lowest BCUT2D eigenvalue weighted by molar-refractivity contribution is -0.126. The Morgan fingerprint density at radius 1 is 1.00 bits per heavy atom. The van der Waals surface area contributed by atoms with Crippen molar-refractivity contribution in [2.24, 2.45) is 0 Å². The summed E-state index contributed by atoms with van der Waals surface area (Å²) in [6.07, 6.45) is 2.77. The van der Waals surface area contributed by atoms with Crippen LogP contribution in [0.1, 0.15) is 83.7 Å². The van der Waals surface area contributed by atoms with E-state index in [0.29, 0.717) is 23.1 Å². The summed E-state index contributed by atoms with van der Waals surface area (Å²) in [5.41, 5.74) is 3.14. The number of halogens is 2. The highest BCUT2D eigenvalue weighted by atomic mass is 35.5. The van der Waals surface area contributed by atoms with Crippen molar-refractivity contribution in [1.29, 1.82) is 0 Å². The average Bonchev–Trinajstić information content (AvgIpc) is 3.12. The molecule has 11 heteroatoms. The van der Waals surface area contributed by atoms with Crippen molar-refractivity contribution in [1.82, 2.24) is 20.2 Å². The summed E-state index contributed by atoms with van der Waals surface area (Å²) in [6.45, 7) is 18.4. The molecule has 0 bridgehead atoms. The van der Waals surface area contributed by atoms with E-state index in [1.54, 1.807) is 51.0 Å². The maximum Gasteiger partial charge on any atom is 0.414 e. The predicted octanol–water partition coefficient (Wildman–Crippen LogP) is 8.15. The standard InChI is InChI=1S/C33H44Cl2N4O4S/c1-20(2)28-26(17-37-27(19-42-32(4,5)6)29(40)38-31(41)43-33(7,8)9)21(3)39(18-22-10-12-36-13-11-22)30(28)44-25-15-23(34)14-24(35)16-25/h10-16,20,27,37H,17-19H2,1-9H3,(H,38,40,41)/t27-/m0/s1. The number of carbonyl (C=O) groups excluding carboxylic acids is 2. The van der Waals surface area contributed by atoms with E-state index in [1.807, 2.05) is 45.0 Å². The van der Waals surface area contributed by atoms with Crippen molar-refractivity contribution in [2.75, 3.05) is 6.61 Å². The molecule has 2 heterocycles. The minimum atomic E-state index is -0.812. The van der Waals surface area contributed by atoms with E-state index >= 15 is 0 Å².